The maximum absolute atomic E-state index is 6.26. The number of rotatable bonds is 8. The van der Waals surface area contributed by atoms with Gasteiger partial charge in [0.1, 0.15) is 0 Å². The molecule has 0 spiro atoms. The largest absolute Gasteiger partial charge is 0.311 e. The zero-order valence-corrected chi connectivity index (χ0v) is 13.6. The molecule has 1 fully saturated rings. The topological polar surface area (TPSA) is 12.0 Å². The third kappa shape index (κ3) is 4.49. The van der Waals surface area contributed by atoms with Gasteiger partial charge in [-0.2, -0.15) is 0 Å². The quantitative estimate of drug-likeness (QED) is 0.621. The Balaban J connectivity index is 1.65. The van der Waals surface area contributed by atoms with Gasteiger partial charge in [0.05, 0.1) is 0 Å². The Morgan fingerprint density at radius 2 is 1.95 bits per heavy atom. The van der Waals surface area contributed by atoms with Crippen molar-refractivity contribution in [1.82, 2.24) is 5.32 Å². The molecule has 1 aromatic carbocycles. The smallest absolute Gasteiger partial charge is 0.0440 e. The van der Waals surface area contributed by atoms with Gasteiger partial charge >= 0.3 is 0 Å². The lowest BCUT2D eigenvalue weighted by molar-refractivity contribution is 0.263. The Morgan fingerprint density at radius 3 is 2.65 bits per heavy atom. The fraction of sp³-hybridized carbons (Fsp3) is 0.667. The highest BCUT2D eigenvalue weighted by atomic mass is 35.5. The van der Waals surface area contributed by atoms with E-state index in [-0.39, 0.29) is 0 Å². The molecule has 1 aliphatic carbocycles. The van der Waals surface area contributed by atoms with Crippen molar-refractivity contribution in [2.24, 2.45) is 0 Å². The summed E-state index contributed by atoms with van der Waals surface area (Å²) in [6.45, 7) is 4.60. The van der Waals surface area contributed by atoms with E-state index in [1.807, 2.05) is 12.1 Å². The molecule has 1 unspecified atom stereocenters. The van der Waals surface area contributed by atoms with Gasteiger partial charge < -0.3 is 5.32 Å². The van der Waals surface area contributed by atoms with Crippen LogP contribution in [0.25, 0.3) is 0 Å². The lowest BCUT2D eigenvalue weighted by Gasteiger charge is -2.38. The van der Waals surface area contributed by atoms with E-state index in [0.717, 1.165) is 5.02 Å². The molecule has 1 aromatic rings. The highest BCUT2D eigenvalue weighted by Gasteiger charge is 2.31. The number of hydrogen-bond acceptors (Lipinski definition) is 1. The van der Waals surface area contributed by atoms with Gasteiger partial charge in [0.2, 0.25) is 0 Å². The Hall–Kier alpha value is -0.530. The van der Waals surface area contributed by atoms with Gasteiger partial charge in [-0.1, -0.05) is 62.4 Å². The van der Waals surface area contributed by atoms with Crippen LogP contribution in [0.2, 0.25) is 5.02 Å². The minimum Gasteiger partial charge on any atom is -0.311 e. The molecular weight excluding hydrogens is 266 g/mol. The molecule has 0 aromatic heterocycles. The van der Waals surface area contributed by atoms with Crippen LogP contribution in [0.15, 0.2) is 24.3 Å². The number of nitrogens with one attached hydrogen (secondary N) is 1. The summed E-state index contributed by atoms with van der Waals surface area (Å²) in [5.74, 6) is 0.661. The number of hydrogen-bond donors (Lipinski definition) is 1. The number of halogens is 1. The van der Waals surface area contributed by atoms with Gasteiger partial charge in [-0.25, -0.2) is 0 Å². The van der Waals surface area contributed by atoms with Crippen molar-refractivity contribution in [3.05, 3.63) is 34.9 Å². The summed E-state index contributed by atoms with van der Waals surface area (Å²) in [6.07, 6.45) is 9.24. The molecule has 2 rings (SSSR count). The molecule has 1 aliphatic rings. The molecule has 0 bridgehead atoms. The van der Waals surface area contributed by atoms with Crippen LogP contribution >= 0.6 is 11.6 Å². The van der Waals surface area contributed by atoms with Crippen molar-refractivity contribution >= 4 is 11.6 Å². The highest BCUT2D eigenvalue weighted by molar-refractivity contribution is 6.31. The summed E-state index contributed by atoms with van der Waals surface area (Å²) in [5.41, 5.74) is 1.34. The lowest BCUT2D eigenvalue weighted by atomic mass is 9.75. The molecular formula is C18H28ClN. The Morgan fingerprint density at radius 1 is 1.20 bits per heavy atom. The zero-order valence-electron chi connectivity index (χ0n) is 12.9. The molecule has 1 saturated carbocycles. The van der Waals surface area contributed by atoms with Crippen molar-refractivity contribution in [2.45, 2.75) is 76.8 Å². The van der Waals surface area contributed by atoms with E-state index >= 15 is 0 Å². The Labute approximate surface area is 129 Å². The van der Waals surface area contributed by atoms with Gasteiger partial charge in [-0.15, -0.1) is 0 Å². The fourth-order valence-electron chi connectivity index (χ4n) is 3.18. The second-order valence-electron chi connectivity index (χ2n) is 6.30. The van der Waals surface area contributed by atoms with Gasteiger partial charge in [0.25, 0.3) is 0 Å². The molecule has 1 nitrogen and oxygen atoms in total. The van der Waals surface area contributed by atoms with Gasteiger partial charge in [0.15, 0.2) is 0 Å². The first-order valence-corrected chi connectivity index (χ1v) is 8.59. The molecule has 0 heterocycles. The van der Waals surface area contributed by atoms with E-state index in [4.69, 9.17) is 11.6 Å². The van der Waals surface area contributed by atoms with Crippen molar-refractivity contribution in [1.29, 1.82) is 0 Å². The molecule has 0 amide bonds. The Bertz CT molecular complexity index is 398. The summed E-state index contributed by atoms with van der Waals surface area (Å²) in [4.78, 5) is 0. The lowest BCUT2D eigenvalue weighted by Crippen LogP contribution is -2.44. The van der Waals surface area contributed by atoms with Crippen LogP contribution in [-0.2, 0) is 0 Å². The third-order valence-electron chi connectivity index (χ3n) is 4.49. The highest BCUT2D eigenvalue weighted by Crippen LogP contribution is 2.40. The van der Waals surface area contributed by atoms with Crippen molar-refractivity contribution in [3.63, 3.8) is 0 Å². The number of unbranched alkanes of at least 4 members (excludes halogenated alkanes) is 3. The fourth-order valence-corrected chi connectivity index (χ4v) is 3.47. The van der Waals surface area contributed by atoms with E-state index in [2.05, 4.69) is 31.3 Å². The van der Waals surface area contributed by atoms with Crippen molar-refractivity contribution < 1.29 is 0 Å². The third-order valence-corrected chi connectivity index (χ3v) is 4.84. The van der Waals surface area contributed by atoms with Gasteiger partial charge in [0, 0.05) is 17.1 Å². The molecule has 20 heavy (non-hydrogen) atoms. The summed E-state index contributed by atoms with van der Waals surface area (Å²) >= 11 is 6.26. The maximum Gasteiger partial charge on any atom is 0.0440 e. The monoisotopic (exact) mass is 293 g/mol. The van der Waals surface area contributed by atoms with Crippen LogP contribution in [0.4, 0.5) is 0 Å². The maximum atomic E-state index is 6.26. The van der Waals surface area contributed by atoms with Crippen LogP contribution in [0.3, 0.4) is 0 Å². The Kier molecular flexibility index (Phi) is 6.38. The minimum atomic E-state index is 0.657. The molecule has 112 valence electrons. The average Bonchev–Trinajstić information content (AvgIpc) is 2.40. The first kappa shape index (κ1) is 15.9. The zero-order chi connectivity index (χ0) is 14.4. The van der Waals surface area contributed by atoms with E-state index in [0.29, 0.717) is 18.0 Å². The summed E-state index contributed by atoms with van der Waals surface area (Å²) in [7, 11) is 0. The van der Waals surface area contributed by atoms with E-state index in [9.17, 15) is 0 Å². The number of benzene rings is 1. The second kappa shape index (κ2) is 8.05. The predicted molar refractivity (Wildman–Crippen MR) is 88.6 cm³/mol. The summed E-state index contributed by atoms with van der Waals surface area (Å²) < 4.78 is 0. The molecule has 0 saturated heterocycles. The summed E-state index contributed by atoms with van der Waals surface area (Å²) in [5, 5.41) is 4.70. The normalized spacial score (nSPS) is 23.4. The van der Waals surface area contributed by atoms with Crippen molar-refractivity contribution in [2.75, 3.05) is 0 Å². The van der Waals surface area contributed by atoms with Crippen LogP contribution in [-0.4, -0.2) is 12.1 Å². The second-order valence-corrected chi connectivity index (χ2v) is 6.71. The first-order chi connectivity index (χ1) is 9.70. The van der Waals surface area contributed by atoms with E-state index < -0.39 is 0 Å². The average molecular weight is 294 g/mol. The van der Waals surface area contributed by atoms with Crippen molar-refractivity contribution in [3.8, 4) is 0 Å². The standard InChI is InChI=1S/C18H28ClN/c1-3-4-5-6-9-14(2)20-16-12-15(13-16)17-10-7-8-11-18(17)19/h7-8,10-11,14-16,20H,3-6,9,12-13H2,1-2H3. The molecule has 1 N–H and O–H groups in total. The first-order valence-electron chi connectivity index (χ1n) is 8.21. The molecule has 0 radical (unpaired) electrons. The molecule has 1 atom stereocenters. The van der Waals surface area contributed by atoms with Crippen LogP contribution in [0, 0.1) is 0 Å². The predicted octanol–water partition coefficient (Wildman–Crippen LogP) is 5.53. The van der Waals surface area contributed by atoms with E-state index in [1.165, 1.54) is 50.5 Å². The van der Waals surface area contributed by atoms with Crippen LogP contribution in [0.5, 0.6) is 0 Å². The van der Waals surface area contributed by atoms with E-state index in [1.54, 1.807) is 0 Å². The molecule has 2 heteroatoms. The van der Waals surface area contributed by atoms with Crippen LogP contribution in [0.1, 0.15) is 70.3 Å². The SMILES string of the molecule is CCCCCCC(C)NC1CC(c2ccccc2Cl)C1. The van der Waals surface area contributed by atoms with Crippen LogP contribution < -0.4 is 5.32 Å². The molecule has 0 aliphatic heterocycles. The summed E-state index contributed by atoms with van der Waals surface area (Å²) in [6, 6.07) is 9.64. The van der Waals surface area contributed by atoms with Gasteiger partial charge in [-0.3, -0.25) is 0 Å². The minimum absolute atomic E-state index is 0.657. The van der Waals surface area contributed by atoms with Gasteiger partial charge in [-0.05, 0) is 43.7 Å².